The number of hydrogen-bond donors (Lipinski definition) is 0. The summed E-state index contributed by atoms with van der Waals surface area (Å²) in [7, 11) is 1.97. The highest BCUT2D eigenvalue weighted by atomic mass is 127. The molecule has 2 nitrogen and oxygen atoms in total. The number of aryl methyl sites for hydroxylation is 2. The number of hydrogen-bond acceptors (Lipinski definition) is 1. The normalized spacial score (nSPS) is 8.73. The highest BCUT2D eigenvalue weighted by molar-refractivity contribution is 14.1. The molecular formula is C8H15IN2. The zero-order chi connectivity index (χ0) is 8.69. The van der Waals surface area contributed by atoms with Crippen molar-refractivity contribution in [1.82, 2.24) is 9.55 Å². The number of rotatable bonds is 1. The molecule has 0 spiro atoms. The van der Waals surface area contributed by atoms with Gasteiger partial charge in [-0.15, -0.1) is 0 Å². The van der Waals surface area contributed by atoms with Gasteiger partial charge in [-0.25, -0.2) is 4.98 Å². The van der Waals surface area contributed by atoms with E-state index >= 15 is 0 Å². The Morgan fingerprint density at radius 2 is 2.18 bits per heavy atom. The lowest BCUT2D eigenvalue weighted by Gasteiger charge is -1.87. The van der Waals surface area contributed by atoms with Crippen molar-refractivity contribution >= 4 is 22.6 Å². The molecule has 0 amide bonds. The molecule has 0 saturated heterocycles. The molecule has 64 valence electrons. The van der Waals surface area contributed by atoms with Gasteiger partial charge in [-0.05, 0) is 17.8 Å². The number of nitrogens with zero attached hydrogens (tertiary/aromatic N) is 2. The summed E-state index contributed by atoms with van der Waals surface area (Å²) in [4.78, 5) is 3.98. The Bertz CT molecular complexity index is 165. The van der Waals surface area contributed by atoms with Gasteiger partial charge >= 0.3 is 0 Å². The largest absolute Gasteiger partial charge is 0.338 e. The van der Waals surface area contributed by atoms with Crippen molar-refractivity contribution in [2.45, 2.75) is 20.3 Å². The minimum absolute atomic E-state index is 1.06. The van der Waals surface area contributed by atoms with E-state index in [9.17, 15) is 0 Å². The van der Waals surface area contributed by atoms with Crippen LogP contribution in [0.2, 0.25) is 0 Å². The topological polar surface area (TPSA) is 17.8 Å². The molecule has 1 aromatic heterocycles. The van der Waals surface area contributed by atoms with Gasteiger partial charge in [0, 0.05) is 19.4 Å². The summed E-state index contributed by atoms with van der Waals surface area (Å²) < 4.78 is 3.26. The lowest BCUT2D eigenvalue weighted by molar-refractivity contribution is 0.858. The first-order valence-corrected chi connectivity index (χ1v) is 5.24. The lowest BCUT2D eigenvalue weighted by atomic mass is 10.6. The Labute approximate surface area is 82.2 Å². The molecule has 0 radical (unpaired) electrons. The van der Waals surface area contributed by atoms with E-state index in [1.54, 1.807) is 6.20 Å². The third-order valence-electron chi connectivity index (χ3n) is 1.25. The molecule has 0 aromatic carbocycles. The Morgan fingerprint density at radius 1 is 1.64 bits per heavy atom. The smallest absolute Gasteiger partial charge is 0.105 e. The van der Waals surface area contributed by atoms with Crippen molar-refractivity contribution in [3.8, 4) is 0 Å². The monoisotopic (exact) mass is 266 g/mol. The molecule has 1 heterocycles. The molecule has 0 aliphatic rings. The fraction of sp³-hybridized carbons (Fsp3) is 0.625. The maximum Gasteiger partial charge on any atom is 0.105 e. The van der Waals surface area contributed by atoms with Gasteiger partial charge in [0.2, 0.25) is 0 Å². The van der Waals surface area contributed by atoms with Crippen molar-refractivity contribution < 1.29 is 0 Å². The minimum Gasteiger partial charge on any atom is -0.338 e. The van der Waals surface area contributed by atoms with Gasteiger partial charge in [-0.1, -0.05) is 29.5 Å². The van der Waals surface area contributed by atoms with Crippen molar-refractivity contribution in [3.05, 3.63) is 18.2 Å². The van der Waals surface area contributed by atoms with E-state index in [2.05, 4.69) is 34.5 Å². The molecule has 0 N–H and O–H groups in total. The van der Waals surface area contributed by atoms with Crippen molar-refractivity contribution in [1.29, 1.82) is 0 Å². The van der Waals surface area contributed by atoms with Crippen molar-refractivity contribution in [3.63, 3.8) is 0 Å². The van der Waals surface area contributed by atoms with Gasteiger partial charge in [-0.3, -0.25) is 0 Å². The molecule has 0 aliphatic heterocycles. The van der Waals surface area contributed by atoms with E-state index in [1.165, 1.54) is 10.8 Å². The second-order valence-electron chi connectivity index (χ2n) is 2.27. The zero-order valence-electron chi connectivity index (χ0n) is 7.34. The van der Waals surface area contributed by atoms with E-state index in [0.29, 0.717) is 0 Å². The second kappa shape index (κ2) is 6.64. The van der Waals surface area contributed by atoms with Crippen LogP contribution in [-0.4, -0.2) is 14.0 Å². The predicted molar refractivity (Wildman–Crippen MR) is 57.1 cm³/mol. The number of aromatic nitrogens is 2. The summed E-state index contributed by atoms with van der Waals surface area (Å²) in [5.74, 6) is 1.06. The predicted octanol–water partition coefficient (Wildman–Crippen LogP) is 2.56. The first-order chi connectivity index (χ1) is 5.22. The Kier molecular flexibility index (Phi) is 6.60. The molecule has 0 bridgehead atoms. The van der Waals surface area contributed by atoms with Gasteiger partial charge in [-0.2, -0.15) is 0 Å². The van der Waals surface area contributed by atoms with Crippen LogP contribution >= 0.6 is 22.6 Å². The van der Waals surface area contributed by atoms with E-state index < -0.39 is 0 Å². The molecule has 0 atom stereocenters. The Balaban J connectivity index is 0.000000218. The summed E-state index contributed by atoms with van der Waals surface area (Å²) in [5.41, 5.74) is 0. The second-order valence-corrected chi connectivity index (χ2v) is 3.35. The van der Waals surface area contributed by atoms with E-state index in [0.717, 1.165) is 5.82 Å². The minimum atomic E-state index is 1.06. The van der Waals surface area contributed by atoms with E-state index in [4.69, 9.17) is 0 Å². The van der Waals surface area contributed by atoms with Gasteiger partial charge < -0.3 is 4.57 Å². The zero-order valence-corrected chi connectivity index (χ0v) is 9.50. The Hall–Kier alpha value is -0.0600. The average Bonchev–Trinajstić information content (AvgIpc) is 2.37. The van der Waals surface area contributed by atoms with Gasteiger partial charge in [0.05, 0.1) is 0 Å². The van der Waals surface area contributed by atoms with Crippen molar-refractivity contribution in [2.75, 3.05) is 4.43 Å². The van der Waals surface area contributed by atoms with Crippen LogP contribution in [0.15, 0.2) is 12.4 Å². The van der Waals surface area contributed by atoms with Gasteiger partial charge in [0.25, 0.3) is 0 Å². The van der Waals surface area contributed by atoms with E-state index in [-0.39, 0.29) is 0 Å². The fourth-order valence-electron chi connectivity index (χ4n) is 0.440. The maximum absolute atomic E-state index is 3.98. The first kappa shape index (κ1) is 10.9. The summed E-state index contributed by atoms with van der Waals surface area (Å²) in [6, 6.07) is 0. The molecular weight excluding hydrogens is 251 g/mol. The summed E-state index contributed by atoms with van der Waals surface area (Å²) >= 11 is 2.35. The van der Waals surface area contributed by atoms with Gasteiger partial charge in [0.1, 0.15) is 5.82 Å². The van der Waals surface area contributed by atoms with Crippen LogP contribution in [0.1, 0.15) is 19.2 Å². The summed E-state index contributed by atoms with van der Waals surface area (Å²) in [5, 5.41) is 0. The molecule has 11 heavy (non-hydrogen) atoms. The molecule has 3 heteroatoms. The lowest BCUT2D eigenvalue weighted by Crippen LogP contribution is -1.86. The summed E-state index contributed by atoms with van der Waals surface area (Å²) in [6.45, 7) is 4.15. The summed E-state index contributed by atoms with van der Waals surface area (Å²) in [6.07, 6.45) is 5.02. The average molecular weight is 266 g/mol. The molecule has 1 rings (SSSR count). The highest BCUT2D eigenvalue weighted by Crippen LogP contribution is 1.87. The fourth-order valence-corrected chi connectivity index (χ4v) is 0.440. The third kappa shape index (κ3) is 5.24. The number of imidazole rings is 1. The standard InChI is InChI=1S/C5H8N2.C3H7I/c1-5-6-3-4-7(5)2;1-2-3-4/h3-4H,1-2H3;2-3H2,1H3. The number of alkyl halides is 1. The van der Waals surface area contributed by atoms with Crippen LogP contribution < -0.4 is 0 Å². The van der Waals surface area contributed by atoms with Crippen LogP contribution in [0.25, 0.3) is 0 Å². The highest BCUT2D eigenvalue weighted by Gasteiger charge is 1.83. The van der Waals surface area contributed by atoms with Crippen LogP contribution in [-0.2, 0) is 7.05 Å². The van der Waals surface area contributed by atoms with Crippen LogP contribution in [0, 0.1) is 6.92 Å². The molecule has 0 aliphatic carbocycles. The molecule has 0 fully saturated rings. The van der Waals surface area contributed by atoms with Crippen LogP contribution in [0.4, 0.5) is 0 Å². The first-order valence-electron chi connectivity index (χ1n) is 3.72. The maximum atomic E-state index is 3.98. The SMILES string of the molecule is CCCI.Cc1nccn1C. The van der Waals surface area contributed by atoms with Gasteiger partial charge in [0.15, 0.2) is 0 Å². The van der Waals surface area contributed by atoms with E-state index in [1.807, 2.05) is 24.7 Å². The van der Waals surface area contributed by atoms with Crippen molar-refractivity contribution in [2.24, 2.45) is 7.05 Å². The third-order valence-corrected chi connectivity index (χ3v) is 2.33. The van der Waals surface area contributed by atoms with Crippen LogP contribution in [0.3, 0.4) is 0 Å². The molecule has 1 aromatic rings. The molecule has 0 saturated carbocycles. The molecule has 0 unspecified atom stereocenters. The number of halogens is 1. The quantitative estimate of drug-likeness (QED) is 0.564. The van der Waals surface area contributed by atoms with Crippen LogP contribution in [0.5, 0.6) is 0 Å². The Morgan fingerprint density at radius 3 is 2.27 bits per heavy atom.